The Kier molecular flexibility index (Phi) is 4.91. The molecule has 2 aliphatic heterocycles. The molecule has 2 aromatic carbocycles. The topological polar surface area (TPSA) is 103 Å². The third kappa shape index (κ3) is 3.23. The molecular formula is C24H25N4O4-. The van der Waals surface area contributed by atoms with Crippen LogP contribution in [0.2, 0.25) is 0 Å². The highest BCUT2D eigenvalue weighted by Crippen LogP contribution is 2.43. The monoisotopic (exact) mass is 433 g/mol. The van der Waals surface area contributed by atoms with Crippen LogP contribution in [0.3, 0.4) is 0 Å². The van der Waals surface area contributed by atoms with E-state index in [0.717, 1.165) is 22.2 Å². The molecule has 0 radical (unpaired) electrons. The van der Waals surface area contributed by atoms with Crippen molar-refractivity contribution in [2.45, 2.75) is 32.4 Å². The summed E-state index contributed by atoms with van der Waals surface area (Å²) in [7, 11) is 0. The number of aromatic amines is 1. The van der Waals surface area contributed by atoms with Crippen molar-refractivity contribution in [3.63, 3.8) is 0 Å². The fourth-order valence-electron chi connectivity index (χ4n) is 5.08. The summed E-state index contributed by atoms with van der Waals surface area (Å²) < 4.78 is 0. The van der Waals surface area contributed by atoms with E-state index in [4.69, 9.17) is 0 Å². The van der Waals surface area contributed by atoms with Crippen molar-refractivity contribution in [1.29, 1.82) is 0 Å². The maximum Gasteiger partial charge on any atom is 0.246 e. The molecular weight excluding hydrogens is 408 g/mol. The summed E-state index contributed by atoms with van der Waals surface area (Å²) >= 11 is 0. The highest BCUT2D eigenvalue weighted by Gasteiger charge is 2.48. The van der Waals surface area contributed by atoms with E-state index in [2.05, 4.69) is 4.98 Å². The Balaban J connectivity index is 1.69. The first-order valence-electron chi connectivity index (χ1n) is 10.8. The van der Waals surface area contributed by atoms with Gasteiger partial charge >= 0.3 is 0 Å². The van der Waals surface area contributed by atoms with Gasteiger partial charge in [-0.05, 0) is 35.2 Å². The van der Waals surface area contributed by atoms with Crippen LogP contribution in [-0.2, 0) is 16.0 Å². The van der Waals surface area contributed by atoms with E-state index >= 15 is 0 Å². The van der Waals surface area contributed by atoms with Crippen LogP contribution in [0.5, 0.6) is 0 Å². The fourth-order valence-corrected chi connectivity index (χ4v) is 5.08. The second-order valence-electron chi connectivity index (χ2n) is 8.97. The van der Waals surface area contributed by atoms with E-state index in [1.54, 1.807) is 21.9 Å². The lowest BCUT2D eigenvalue weighted by molar-refractivity contribution is -0.159. The van der Waals surface area contributed by atoms with Gasteiger partial charge in [-0.2, -0.15) is 0 Å². The van der Waals surface area contributed by atoms with Crippen LogP contribution in [-0.4, -0.2) is 50.9 Å². The number of piperazine rings is 1. The first-order chi connectivity index (χ1) is 15.3. The first kappa shape index (κ1) is 20.5. The Morgan fingerprint density at radius 3 is 2.72 bits per heavy atom. The number of carbonyl (C=O) groups excluding carboxylic acids is 2. The lowest BCUT2D eigenvalue weighted by Gasteiger charge is -2.47. The van der Waals surface area contributed by atoms with Crippen molar-refractivity contribution in [3.8, 4) is 0 Å². The minimum Gasteiger partial charge on any atom is -0.733 e. The third-order valence-corrected chi connectivity index (χ3v) is 6.33. The van der Waals surface area contributed by atoms with Gasteiger partial charge in [0.25, 0.3) is 0 Å². The average molecular weight is 433 g/mol. The van der Waals surface area contributed by atoms with E-state index in [1.807, 2.05) is 44.2 Å². The molecule has 0 saturated carbocycles. The summed E-state index contributed by atoms with van der Waals surface area (Å²) in [6.45, 7) is 4.62. The zero-order chi connectivity index (χ0) is 22.6. The van der Waals surface area contributed by atoms with Crippen LogP contribution in [0.1, 0.15) is 36.7 Å². The number of hydrogen-bond donors (Lipinski definition) is 2. The van der Waals surface area contributed by atoms with Gasteiger partial charge < -0.3 is 25.2 Å². The molecule has 0 spiro atoms. The van der Waals surface area contributed by atoms with Gasteiger partial charge in [-0.1, -0.05) is 44.2 Å². The van der Waals surface area contributed by atoms with Crippen molar-refractivity contribution in [3.05, 3.63) is 70.6 Å². The number of aromatic nitrogens is 1. The van der Waals surface area contributed by atoms with Gasteiger partial charge in [0.15, 0.2) is 0 Å². The van der Waals surface area contributed by atoms with Crippen LogP contribution in [0, 0.1) is 11.1 Å². The van der Waals surface area contributed by atoms with Crippen molar-refractivity contribution in [1.82, 2.24) is 14.8 Å². The number of nitrogens with zero attached hydrogens (tertiary/aromatic N) is 3. The van der Waals surface area contributed by atoms with Gasteiger partial charge in [-0.25, -0.2) is 0 Å². The molecule has 166 valence electrons. The van der Waals surface area contributed by atoms with E-state index in [0.29, 0.717) is 18.5 Å². The van der Waals surface area contributed by atoms with Gasteiger partial charge in [0.1, 0.15) is 6.04 Å². The van der Waals surface area contributed by atoms with Gasteiger partial charge in [0.05, 0.1) is 18.3 Å². The van der Waals surface area contributed by atoms with Crippen LogP contribution in [0.25, 0.3) is 10.9 Å². The molecule has 5 rings (SSSR count). The Morgan fingerprint density at radius 1 is 1.19 bits per heavy atom. The summed E-state index contributed by atoms with van der Waals surface area (Å²) in [6.07, 6.45) is 0.433. The fraction of sp³-hybridized carbons (Fsp3) is 0.333. The van der Waals surface area contributed by atoms with Crippen LogP contribution >= 0.6 is 0 Å². The lowest BCUT2D eigenvalue weighted by atomic mass is 9.86. The number of rotatable bonds is 4. The Morgan fingerprint density at radius 2 is 1.97 bits per heavy atom. The van der Waals surface area contributed by atoms with Crippen LogP contribution in [0.4, 0.5) is 5.69 Å². The number of amides is 2. The number of anilines is 1. The maximum atomic E-state index is 13.5. The number of nitrogens with one attached hydrogen (secondary N) is 1. The maximum absolute atomic E-state index is 13.5. The predicted molar refractivity (Wildman–Crippen MR) is 120 cm³/mol. The largest absolute Gasteiger partial charge is 0.733 e. The molecule has 0 aliphatic carbocycles. The molecule has 2 unspecified atom stereocenters. The van der Waals surface area contributed by atoms with Crippen molar-refractivity contribution < 1.29 is 14.8 Å². The van der Waals surface area contributed by atoms with Gasteiger partial charge in [-0.15, -0.1) is 0 Å². The third-order valence-electron chi connectivity index (χ3n) is 6.33. The summed E-state index contributed by atoms with van der Waals surface area (Å²) in [4.78, 5) is 33.6. The SMILES string of the molecule is CC(C)CN1CC(=O)N2C(Cc3c([nH]c4ccccc34)C2c2cccc(N([O-])O)c2)C1=O. The summed E-state index contributed by atoms with van der Waals surface area (Å²) in [6, 6.07) is 13.2. The molecule has 0 bridgehead atoms. The van der Waals surface area contributed by atoms with Crippen molar-refractivity contribution >= 4 is 28.4 Å². The Bertz CT molecular complexity index is 1200. The zero-order valence-electron chi connectivity index (χ0n) is 18.0. The van der Waals surface area contributed by atoms with E-state index in [9.17, 15) is 20.0 Å². The zero-order valence-corrected chi connectivity index (χ0v) is 18.0. The lowest BCUT2D eigenvalue weighted by Crippen LogP contribution is -2.63. The molecule has 2 aliphatic rings. The van der Waals surface area contributed by atoms with Crippen molar-refractivity contribution in [2.75, 3.05) is 18.3 Å². The number of fused-ring (bicyclic) bond motifs is 4. The summed E-state index contributed by atoms with van der Waals surface area (Å²) in [5, 5.41) is 21.8. The quantitative estimate of drug-likeness (QED) is 0.615. The highest BCUT2D eigenvalue weighted by atomic mass is 16.8. The summed E-state index contributed by atoms with van der Waals surface area (Å²) in [5.41, 5.74) is 3.51. The number of para-hydroxylation sites is 1. The molecule has 8 nitrogen and oxygen atoms in total. The molecule has 1 saturated heterocycles. The molecule has 8 heteroatoms. The number of hydrogen-bond acceptors (Lipinski definition) is 5. The van der Waals surface area contributed by atoms with E-state index < -0.39 is 12.1 Å². The minimum absolute atomic E-state index is 0.0347. The number of carbonyl (C=O) groups is 2. The molecule has 1 fully saturated rings. The molecule has 2 N–H and O–H groups in total. The normalized spacial score (nSPS) is 20.7. The number of H-pyrrole nitrogens is 1. The van der Waals surface area contributed by atoms with Crippen molar-refractivity contribution in [2.24, 2.45) is 5.92 Å². The Labute approximate surface area is 185 Å². The van der Waals surface area contributed by atoms with Gasteiger partial charge in [-0.3, -0.25) is 14.8 Å². The second kappa shape index (κ2) is 7.65. The predicted octanol–water partition coefficient (Wildman–Crippen LogP) is 3.20. The van der Waals surface area contributed by atoms with E-state index in [1.165, 1.54) is 6.07 Å². The van der Waals surface area contributed by atoms with Crippen LogP contribution < -0.4 is 5.23 Å². The molecule has 2 amide bonds. The van der Waals surface area contributed by atoms with E-state index in [-0.39, 0.29) is 35.2 Å². The molecule has 3 aromatic rings. The van der Waals surface area contributed by atoms with Gasteiger partial charge in [0.2, 0.25) is 11.8 Å². The highest BCUT2D eigenvalue weighted by molar-refractivity contribution is 5.97. The molecule has 2 atom stereocenters. The van der Waals surface area contributed by atoms with Crippen LogP contribution in [0.15, 0.2) is 48.5 Å². The molecule has 3 heterocycles. The Hall–Kier alpha value is -3.36. The standard InChI is InChI=1S/C24H25N4O4/c1-14(2)12-26-13-21(29)27-20(24(26)30)11-18-17-8-3-4-9-19(17)25-22(18)23(27)15-6-5-7-16(10-15)28(31)32/h3-10,14,20,23,25,31H,11-13H2,1-2H3/q-1. The van der Waals surface area contributed by atoms with Gasteiger partial charge in [0, 0.05) is 29.6 Å². The second-order valence-corrected chi connectivity index (χ2v) is 8.97. The minimum atomic E-state index is -0.618. The summed E-state index contributed by atoms with van der Waals surface area (Å²) in [5.74, 6) is 0.0755. The first-order valence-corrected chi connectivity index (χ1v) is 10.8. The smallest absolute Gasteiger partial charge is 0.246 e. The number of benzene rings is 2. The molecule has 32 heavy (non-hydrogen) atoms. The average Bonchev–Trinajstić information content (AvgIpc) is 3.14. The molecule has 1 aromatic heterocycles.